The Morgan fingerprint density at radius 2 is 2.32 bits per heavy atom. The minimum atomic E-state index is -3.71. The molecule has 0 spiro atoms. The zero-order chi connectivity index (χ0) is 13.9. The number of hydrogen-bond donors (Lipinski definition) is 2. The van der Waals surface area contributed by atoms with Crippen molar-refractivity contribution in [3.05, 3.63) is 29.0 Å². The number of aromatic nitrogens is 3. The van der Waals surface area contributed by atoms with Crippen molar-refractivity contribution in [3.8, 4) is 0 Å². The molecule has 19 heavy (non-hydrogen) atoms. The first-order chi connectivity index (χ1) is 8.97. The van der Waals surface area contributed by atoms with Crippen molar-refractivity contribution in [1.29, 1.82) is 0 Å². The SMILES string of the molecule is O=C(O)Cn1cc(S(=O)(=O)NCc2cscn2)cn1. The number of nitrogens with one attached hydrogen (secondary N) is 1. The van der Waals surface area contributed by atoms with E-state index < -0.39 is 16.0 Å². The highest BCUT2D eigenvalue weighted by Gasteiger charge is 2.17. The number of thiazole rings is 1. The molecule has 0 amide bonds. The van der Waals surface area contributed by atoms with Crippen molar-refractivity contribution < 1.29 is 18.3 Å². The minimum Gasteiger partial charge on any atom is -0.480 e. The van der Waals surface area contributed by atoms with Crippen molar-refractivity contribution in [2.24, 2.45) is 0 Å². The monoisotopic (exact) mass is 302 g/mol. The van der Waals surface area contributed by atoms with Gasteiger partial charge in [0.25, 0.3) is 0 Å². The molecule has 0 aromatic carbocycles. The van der Waals surface area contributed by atoms with Gasteiger partial charge in [-0.05, 0) is 0 Å². The normalized spacial score (nSPS) is 11.6. The molecule has 2 aromatic rings. The molecule has 8 nitrogen and oxygen atoms in total. The lowest BCUT2D eigenvalue weighted by atomic mass is 10.5. The van der Waals surface area contributed by atoms with Crippen LogP contribution in [0.15, 0.2) is 28.2 Å². The molecule has 0 fully saturated rings. The molecule has 0 unspecified atom stereocenters. The fourth-order valence-corrected chi connectivity index (χ4v) is 2.79. The number of nitrogens with zero attached hydrogens (tertiary/aromatic N) is 3. The second kappa shape index (κ2) is 5.47. The fraction of sp³-hybridized carbons (Fsp3) is 0.222. The van der Waals surface area contributed by atoms with Crippen molar-refractivity contribution in [2.45, 2.75) is 18.0 Å². The van der Waals surface area contributed by atoms with Gasteiger partial charge in [-0.2, -0.15) is 5.10 Å². The molecule has 0 saturated carbocycles. The minimum absolute atomic E-state index is 0.0793. The predicted molar refractivity (Wildman–Crippen MR) is 66.0 cm³/mol. The van der Waals surface area contributed by atoms with Gasteiger partial charge in [-0.25, -0.2) is 18.1 Å². The Bertz CT molecular complexity index is 662. The van der Waals surface area contributed by atoms with Crippen LogP contribution in [0.3, 0.4) is 0 Å². The Morgan fingerprint density at radius 3 is 2.95 bits per heavy atom. The van der Waals surface area contributed by atoms with E-state index in [9.17, 15) is 13.2 Å². The summed E-state index contributed by atoms with van der Waals surface area (Å²) in [7, 11) is -3.71. The third kappa shape index (κ3) is 3.59. The predicted octanol–water partition coefficient (Wildman–Crippen LogP) is -0.0973. The van der Waals surface area contributed by atoms with E-state index in [1.165, 1.54) is 11.3 Å². The average molecular weight is 302 g/mol. The van der Waals surface area contributed by atoms with Crippen LogP contribution >= 0.6 is 11.3 Å². The van der Waals surface area contributed by atoms with E-state index in [-0.39, 0.29) is 18.0 Å². The van der Waals surface area contributed by atoms with Crippen LogP contribution in [0.2, 0.25) is 0 Å². The van der Waals surface area contributed by atoms with E-state index in [0.29, 0.717) is 5.69 Å². The fourth-order valence-electron chi connectivity index (χ4n) is 1.29. The third-order valence-electron chi connectivity index (χ3n) is 2.14. The summed E-state index contributed by atoms with van der Waals surface area (Å²) in [4.78, 5) is 14.3. The first kappa shape index (κ1) is 13.6. The van der Waals surface area contributed by atoms with Gasteiger partial charge in [-0.3, -0.25) is 9.48 Å². The van der Waals surface area contributed by atoms with Crippen LogP contribution in [0, 0.1) is 0 Å². The van der Waals surface area contributed by atoms with Gasteiger partial charge in [0.15, 0.2) is 0 Å². The van der Waals surface area contributed by atoms with Crippen molar-refractivity contribution in [3.63, 3.8) is 0 Å². The summed E-state index contributed by atoms with van der Waals surface area (Å²) in [5.74, 6) is -1.09. The van der Waals surface area contributed by atoms with Gasteiger partial charge in [0.2, 0.25) is 10.0 Å². The molecule has 0 aliphatic rings. The third-order valence-corrected chi connectivity index (χ3v) is 4.13. The van der Waals surface area contributed by atoms with E-state index in [2.05, 4.69) is 14.8 Å². The Labute approximate surface area is 112 Å². The highest BCUT2D eigenvalue weighted by atomic mass is 32.2. The molecular weight excluding hydrogens is 292 g/mol. The zero-order valence-corrected chi connectivity index (χ0v) is 11.2. The average Bonchev–Trinajstić information content (AvgIpc) is 2.96. The first-order valence-corrected chi connectivity index (χ1v) is 7.51. The smallest absolute Gasteiger partial charge is 0.325 e. The van der Waals surface area contributed by atoms with E-state index in [1.807, 2.05) is 0 Å². The lowest BCUT2D eigenvalue weighted by Gasteiger charge is -2.02. The van der Waals surface area contributed by atoms with Crippen LogP contribution in [0.5, 0.6) is 0 Å². The number of carbonyl (C=O) groups is 1. The highest BCUT2D eigenvalue weighted by molar-refractivity contribution is 7.89. The summed E-state index contributed by atoms with van der Waals surface area (Å²) in [6.45, 7) is -0.308. The molecule has 2 heterocycles. The molecule has 2 rings (SSSR count). The molecule has 0 radical (unpaired) electrons. The largest absolute Gasteiger partial charge is 0.480 e. The van der Waals surface area contributed by atoms with Crippen LogP contribution in [-0.2, 0) is 27.9 Å². The maximum absolute atomic E-state index is 11.9. The molecule has 2 aromatic heterocycles. The molecule has 102 valence electrons. The van der Waals surface area contributed by atoms with Gasteiger partial charge in [0.05, 0.1) is 23.9 Å². The summed E-state index contributed by atoms with van der Waals surface area (Å²) in [5.41, 5.74) is 2.22. The lowest BCUT2D eigenvalue weighted by molar-refractivity contribution is -0.137. The van der Waals surface area contributed by atoms with Crippen molar-refractivity contribution in [2.75, 3.05) is 0 Å². The number of carboxylic acids is 1. The van der Waals surface area contributed by atoms with Crippen LogP contribution in [-0.4, -0.2) is 34.3 Å². The number of carboxylic acid groups (broad SMARTS) is 1. The lowest BCUT2D eigenvalue weighted by Crippen LogP contribution is -2.23. The summed E-state index contributed by atoms with van der Waals surface area (Å²) >= 11 is 1.37. The van der Waals surface area contributed by atoms with Crippen molar-refractivity contribution >= 4 is 27.3 Å². The number of sulfonamides is 1. The molecule has 2 N–H and O–H groups in total. The van der Waals surface area contributed by atoms with Gasteiger partial charge in [-0.1, -0.05) is 0 Å². The molecular formula is C9H10N4O4S2. The van der Waals surface area contributed by atoms with Crippen LogP contribution in [0.25, 0.3) is 0 Å². The highest BCUT2D eigenvalue weighted by Crippen LogP contribution is 2.08. The van der Waals surface area contributed by atoms with Gasteiger partial charge >= 0.3 is 5.97 Å². The Balaban J connectivity index is 2.06. The van der Waals surface area contributed by atoms with Gasteiger partial charge in [0.1, 0.15) is 11.4 Å². The summed E-state index contributed by atoms with van der Waals surface area (Å²) in [6, 6.07) is 0. The summed E-state index contributed by atoms with van der Waals surface area (Å²) in [5, 5.41) is 14.0. The second-order valence-corrected chi connectivity index (χ2v) is 6.06. The van der Waals surface area contributed by atoms with Crippen LogP contribution in [0.1, 0.15) is 5.69 Å². The molecule has 0 aliphatic heterocycles. The molecule has 0 saturated heterocycles. The standard InChI is InChI=1S/C9H10N4O4S2/c14-9(15)4-13-3-8(2-11-13)19(16,17)12-1-7-5-18-6-10-7/h2-3,5-6,12H,1,4H2,(H,14,15). The number of rotatable bonds is 6. The van der Waals surface area contributed by atoms with Crippen molar-refractivity contribution in [1.82, 2.24) is 19.5 Å². The maximum Gasteiger partial charge on any atom is 0.325 e. The molecule has 0 bridgehead atoms. The topological polar surface area (TPSA) is 114 Å². The number of hydrogen-bond acceptors (Lipinski definition) is 6. The second-order valence-electron chi connectivity index (χ2n) is 3.57. The van der Waals surface area contributed by atoms with E-state index in [4.69, 9.17) is 5.11 Å². The summed E-state index contributed by atoms with van der Waals surface area (Å²) in [6.07, 6.45) is 2.27. The molecule has 0 aliphatic carbocycles. The van der Waals surface area contributed by atoms with Crippen LogP contribution < -0.4 is 4.72 Å². The Hall–Kier alpha value is -1.78. The summed E-state index contributed by atoms with van der Waals surface area (Å²) < 4.78 is 27.2. The Morgan fingerprint density at radius 1 is 1.53 bits per heavy atom. The van der Waals surface area contributed by atoms with E-state index in [0.717, 1.165) is 17.1 Å². The molecule has 10 heteroatoms. The van der Waals surface area contributed by atoms with Gasteiger partial charge in [-0.15, -0.1) is 11.3 Å². The number of aliphatic carboxylic acids is 1. The first-order valence-electron chi connectivity index (χ1n) is 5.08. The maximum atomic E-state index is 11.9. The van der Waals surface area contributed by atoms with E-state index in [1.54, 1.807) is 10.9 Å². The van der Waals surface area contributed by atoms with Crippen LogP contribution in [0.4, 0.5) is 0 Å². The van der Waals surface area contributed by atoms with E-state index >= 15 is 0 Å². The zero-order valence-electron chi connectivity index (χ0n) is 9.55. The molecule has 0 atom stereocenters. The quantitative estimate of drug-likeness (QED) is 0.770. The Kier molecular flexibility index (Phi) is 3.93. The van der Waals surface area contributed by atoms with Gasteiger partial charge in [0, 0.05) is 11.6 Å². The van der Waals surface area contributed by atoms with Gasteiger partial charge < -0.3 is 5.11 Å².